The van der Waals surface area contributed by atoms with Crippen LogP contribution >= 0.6 is 0 Å². The molecule has 3 nitrogen and oxygen atoms in total. The molecule has 0 aromatic heterocycles. The Hall–Kier alpha value is -1.53. The second-order valence-electron chi connectivity index (χ2n) is 4.10. The second-order valence-corrected chi connectivity index (χ2v) is 4.10. The highest BCUT2D eigenvalue weighted by Crippen LogP contribution is 2.24. The Kier molecular flexibility index (Phi) is 3.43. The summed E-state index contributed by atoms with van der Waals surface area (Å²) in [6, 6.07) is 7.77. The predicted molar refractivity (Wildman–Crippen MR) is 60.3 cm³/mol. The molecule has 84 valence electrons. The SMILES string of the molecule is Cc1cccc(C#N)c1OCC1CCOC1. The molecule has 1 fully saturated rings. The van der Waals surface area contributed by atoms with Crippen molar-refractivity contribution in [1.82, 2.24) is 0 Å². The summed E-state index contributed by atoms with van der Waals surface area (Å²) in [5.74, 6) is 1.18. The van der Waals surface area contributed by atoms with Gasteiger partial charge in [0.2, 0.25) is 0 Å². The number of nitriles is 1. The highest BCUT2D eigenvalue weighted by Gasteiger charge is 2.17. The van der Waals surface area contributed by atoms with Gasteiger partial charge in [0.15, 0.2) is 0 Å². The molecule has 1 aromatic rings. The molecule has 1 aromatic carbocycles. The highest BCUT2D eigenvalue weighted by atomic mass is 16.5. The van der Waals surface area contributed by atoms with E-state index in [0.717, 1.165) is 30.9 Å². The van der Waals surface area contributed by atoms with Crippen LogP contribution in [0.5, 0.6) is 5.75 Å². The summed E-state index contributed by atoms with van der Waals surface area (Å²) in [7, 11) is 0. The lowest BCUT2D eigenvalue weighted by Gasteiger charge is -2.13. The van der Waals surface area contributed by atoms with Crippen molar-refractivity contribution in [2.75, 3.05) is 19.8 Å². The monoisotopic (exact) mass is 217 g/mol. The van der Waals surface area contributed by atoms with Crippen LogP contribution in [0.3, 0.4) is 0 Å². The van der Waals surface area contributed by atoms with E-state index in [4.69, 9.17) is 14.7 Å². The van der Waals surface area contributed by atoms with Crippen molar-refractivity contribution in [3.05, 3.63) is 29.3 Å². The molecule has 0 saturated carbocycles. The first-order chi connectivity index (χ1) is 7.81. The molecule has 1 saturated heterocycles. The third-order valence-electron chi connectivity index (χ3n) is 2.82. The van der Waals surface area contributed by atoms with Gasteiger partial charge in [-0.05, 0) is 25.0 Å². The Labute approximate surface area is 95.6 Å². The van der Waals surface area contributed by atoms with Crippen molar-refractivity contribution in [3.63, 3.8) is 0 Å². The Balaban J connectivity index is 2.05. The second kappa shape index (κ2) is 5.00. The number of benzene rings is 1. The number of ether oxygens (including phenoxy) is 2. The van der Waals surface area contributed by atoms with E-state index in [2.05, 4.69) is 6.07 Å². The van der Waals surface area contributed by atoms with Gasteiger partial charge in [0, 0.05) is 12.5 Å². The quantitative estimate of drug-likeness (QED) is 0.780. The van der Waals surface area contributed by atoms with Crippen LogP contribution in [-0.2, 0) is 4.74 Å². The molecule has 1 atom stereocenters. The van der Waals surface area contributed by atoms with E-state index in [9.17, 15) is 0 Å². The summed E-state index contributed by atoms with van der Waals surface area (Å²) in [6.45, 7) is 4.20. The van der Waals surface area contributed by atoms with E-state index in [1.807, 2.05) is 19.1 Å². The largest absolute Gasteiger partial charge is 0.492 e. The molecular weight excluding hydrogens is 202 g/mol. The van der Waals surface area contributed by atoms with Crippen molar-refractivity contribution >= 4 is 0 Å². The van der Waals surface area contributed by atoms with Gasteiger partial charge in [0.05, 0.1) is 18.8 Å². The van der Waals surface area contributed by atoms with E-state index >= 15 is 0 Å². The van der Waals surface area contributed by atoms with E-state index in [-0.39, 0.29) is 0 Å². The molecule has 1 aliphatic heterocycles. The Morgan fingerprint density at radius 3 is 3.12 bits per heavy atom. The van der Waals surface area contributed by atoms with Crippen molar-refractivity contribution < 1.29 is 9.47 Å². The van der Waals surface area contributed by atoms with Crippen molar-refractivity contribution in [2.45, 2.75) is 13.3 Å². The van der Waals surface area contributed by atoms with E-state index in [1.54, 1.807) is 6.07 Å². The maximum Gasteiger partial charge on any atom is 0.139 e. The zero-order valence-electron chi connectivity index (χ0n) is 9.40. The Bertz CT molecular complexity index is 403. The summed E-state index contributed by atoms with van der Waals surface area (Å²) in [5, 5.41) is 8.98. The van der Waals surface area contributed by atoms with Gasteiger partial charge < -0.3 is 9.47 Å². The summed E-state index contributed by atoms with van der Waals surface area (Å²) >= 11 is 0. The molecule has 1 aliphatic rings. The smallest absolute Gasteiger partial charge is 0.139 e. The first-order valence-electron chi connectivity index (χ1n) is 5.51. The van der Waals surface area contributed by atoms with Gasteiger partial charge in [-0.1, -0.05) is 12.1 Å². The fraction of sp³-hybridized carbons (Fsp3) is 0.462. The summed E-state index contributed by atoms with van der Waals surface area (Å²) in [5.41, 5.74) is 1.62. The summed E-state index contributed by atoms with van der Waals surface area (Å²) in [6.07, 6.45) is 1.05. The maximum absolute atomic E-state index is 8.98. The molecule has 16 heavy (non-hydrogen) atoms. The Morgan fingerprint density at radius 1 is 1.56 bits per heavy atom. The number of nitrogens with zero attached hydrogens (tertiary/aromatic N) is 1. The third kappa shape index (κ3) is 2.34. The molecule has 2 rings (SSSR count). The molecule has 0 radical (unpaired) electrons. The first-order valence-corrected chi connectivity index (χ1v) is 5.51. The van der Waals surface area contributed by atoms with Crippen LogP contribution in [0, 0.1) is 24.2 Å². The molecule has 0 aliphatic carbocycles. The molecule has 0 amide bonds. The lowest BCUT2D eigenvalue weighted by molar-refractivity contribution is 0.167. The number of aryl methyl sites for hydroxylation is 1. The van der Waals surface area contributed by atoms with Gasteiger partial charge in [-0.3, -0.25) is 0 Å². The maximum atomic E-state index is 8.98. The molecule has 3 heteroatoms. The normalized spacial score (nSPS) is 19.4. The van der Waals surface area contributed by atoms with Gasteiger partial charge in [-0.15, -0.1) is 0 Å². The number of rotatable bonds is 3. The zero-order valence-corrected chi connectivity index (χ0v) is 9.40. The van der Waals surface area contributed by atoms with Gasteiger partial charge in [0.25, 0.3) is 0 Å². The van der Waals surface area contributed by atoms with Crippen LogP contribution in [0.25, 0.3) is 0 Å². The molecule has 0 bridgehead atoms. The third-order valence-corrected chi connectivity index (χ3v) is 2.82. The van der Waals surface area contributed by atoms with E-state index in [1.165, 1.54) is 0 Å². The number of hydrogen-bond acceptors (Lipinski definition) is 3. The zero-order chi connectivity index (χ0) is 11.4. The molecule has 1 heterocycles. The standard InChI is InChI=1S/C13H15NO2/c1-10-3-2-4-12(7-14)13(10)16-9-11-5-6-15-8-11/h2-4,11H,5-6,8-9H2,1H3. The van der Waals surface area contributed by atoms with Crippen LogP contribution in [0.15, 0.2) is 18.2 Å². The van der Waals surface area contributed by atoms with Crippen LogP contribution in [0.2, 0.25) is 0 Å². The number of para-hydroxylation sites is 1. The van der Waals surface area contributed by atoms with E-state index < -0.39 is 0 Å². The van der Waals surface area contributed by atoms with Crippen LogP contribution in [0.4, 0.5) is 0 Å². The molecule has 0 N–H and O–H groups in total. The average Bonchev–Trinajstić information content (AvgIpc) is 2.80. The van der Waals surface area contributed by atoms with Gasteiger partial charge in [-0.2, -0.15) is 5.26 Å². The lowest BCUT2D eigenvalue weighted by Crippen LogP contribution is -2.12. The highest BCUT2D eigenvalue weighted by molar-refractivity contribution is 5.47. The fourth-order valence-electron chi connectivity index (χ4n) is 1.85. The first kappa shape index (κ1) is 11.0. The van der Waals surface area contributed by atoms with Crippen molar-refractivity contribution in [2.24, 2.45) is 5.92 Å². The summed E-state index contributed by atoms with van der Waals surface area (Å²) in [4.78, 5) is 0. The minimum absolute atomic E-state index is 0.464. The van der Waals surface area contributed by atoms with Crippen molar-refractivity contribution in [3.8, 4) is 11.8 Å². The number of hydrogen-bond donors (Lipinski definition) is 0. The minimum Gasteiger partial charge on any atom is -0.492 e. The van der Waals surface area contributed by atoms with Crippen LogP contribution in [-0.4, -0.2) is 19.8 Å². The average molecular weight is 217 g/mol. The predicted octanol–water partition coefficient (Wildman–Crippen LogP) is 2.28. The molecule has 0 spiro atoms. The van der Waals surface area contributed by atoms with Gasteiger partial charge >= 0.3 is 0 Å². The van der Waals surface area contributed by atoms with Gasteiger partial charge in [-0.25, -0.2) is 0 Å². The Morgan fingerprint density at radius 2 is 2.44 bits per heavy atom. The van der Waals surface area contributed by atoms with Crippen molar-refractivity contribution in [1.29, 1.82) is 5.26 Å². The lowest BCUT2D eigenvalue weighted by atomic mass is 10.1. The summed E-state index contributed by atoms with van der Waals surface area (Å²) < 4.78 is 11.0. The van der Waals surface area contributed by atoms with Crippen LogP contribution in [0.1, 0.15) is 17.5 Å². The minimum atomic E-state index is 0.464. The van der Waals surface area contributed by atoms with Crippen LogP contribution < -0.4 is 4.74 Å². The van der Waals surface area contributed by atoms with Gasteiger partial charge in [0.1, 0.15) is 11.8 Å². The fourth-order valence-corrected chi connectivity index (χ4v) is 1.85. The van der Waals surface area contributed by atoms with E-state index in [0.29, 0.717) is 18.1 Å². The molecule has 1 unspecified atom stereocenters. The topological polar surface area (TPSA) is 42.2 Å². The molecular formula is C13H15NO2.